The fourth-order valence-electron chi connectivity index (χ4n) is 2.07. The highest BCUT2D eigenvalue weighted by atomic mass is 15.2. The minimum Gasteiger partial charge on any atom is -0.385 e. The van der Waals surface area contributed by atoms with E-state index in [9.17, 15) is 0 Å². The lowest BCUT2D eigenvalue weighted by Gasteiger charge is -2.18. The van der Waals surface area contributed by atoms with Gasteiger partial charge in [-0.3, -0.25) is 0 Å². The molecule has 0 amide bonds. The van der Waals surface area contributed by atoms with Crippen LogP contribution in [0.15, 0.2) is 12.1 Å². The minimum atomic E-state index is 0.961. The molecule has 0 unspecified atom stereocenters. The number of nitrogens with one attached hydrogen (secondary N) is 1. The van der Waals surface area contributed by atoms with Crippen LogP contribution in [-0.2, 0) is 0 Å². The fraction of sp³-hybridized carbons (Fsp3) is 0.583. The molecule has 3 nitrogen and oxygen atoms in total. The summed E-state index contributed by atoms with van der Waals surface area (Å²) in [6.07, 6.45) is 2.60. The lowest BCUT2D eigenvalue weighted by Crippen LogP contribution is -2.19. The molecule has 1 aliphatic heterocycles. The average Bonchev–Trinajstić information content (AvgIpc) is 2.70. The summed E-state index contributed by atoms with van der Waals surface area (Å²) in [4.78, 5) is 6.95. The smallest absolute Gasteiger partial charge is 0.130 e. The SMILES string of the molecule is CCNc1cc(C)nc(N2CCCC2)c1. The van der Waals surface area contributed by atoms with Gasteiger partial charge in [-0.1, -0.05) is 0 Å². The molecule has 0 aliphatic carbocycles. The molecule has 0 aromatic carbocycles. The summed E-state index contributed by atoms with van der Waals surface area (Å²) in [5.74, 6) is 1.13. The van der Waals surface area contributed by atoms with Crippen molar-refractivity contribution in [2.24, 2.45) is 0 Å². The van der Waals surface area contributed by atoms with Gasteiger partial charge < -0.3 is 10.2 Å². The zero-order valence-electron chi connectivity index (χ0n) is 9.58. The van der Waals surface area contributed by atoms with Gasteiger partial charge in [0, 0.05) is 37.1 Å². The van der Waals surface area contributed by atoms with Crippen molar-refractivity contribution >= 4 is 11.5 Å². The molecule has 1 aromatic heterocycles. The van der Waals surface area contributed by atoms with Crippen LogP contribution in [0.2, 0.25) is 0 Å². The quantitative estimate of drug-likeness (QED) is 0.821. The largest absolute Gasteiger partial charge is 0.385 e. The molecule has 2 heterocycles. The number of pyridine rings is 1. The predicted octanol–water partition coefficient (Wildman–Crippen LogP) is 2.42. The van der Waals surface area contributed by atoms with E-state index in [1.165, 1.54) is 18.5 Å². The van der Waals surface area contributed by atoms with Crippen molar-refractivity contribution < 1.29 is 0 Å². The van der Waals surface area contributed by atoms with E-state index in [1.807, 2.05) is 0 Å². The van der Waals surface area contributed by atoms with E-state index in [2.05, 4.69) is 41.2 Å². The lowest BCUT2D eigenvalue weighted by atomic mass is 10.3. The normalized spacial score (nSPS) is 15.7. The molecule has 82 valence electrons. The number of hydrogen-bond acceptors (Lipinski definition) is 3. The highest BCUT2D eigenvalue weighted by Crippen LogP contribution is 2.22. The fourth-order valence-corrected chi connectivity index (χ4v) is 2.07. The Morgan fingerprint density at radius 2 is 2.07 bits per heavy atom. The van der Waals surface area contributed by atoms with Crippen LogP contribution in [0.3, 0.4) is 0 Å². The summed E-state index contributed by atoms with van der Waals surface area (Å²) < 4.78 is 0. The number of aryl methyl sites for hydroxylation is 1. The van der Waals surface area contributed by atoms with Crippen LogP contribution < -0.4 is 10.2 Å². The van der Waals surface area contributed by atoms with Crippen molar-refractivity contribution in [1.29, 1.82) is 0 Å². The number of aromatic nitrogens is 1. The summed E-state index contributed by atoms with van der Waals surface area (Å²) in [5.41, 5.74) is 2.28. The van der Waals surface area contributed by atoms with E-state index >= 15 is 0 Å². The Balaban J connectivity index is 2.22. The summed E-state index contributed by atoms with van der Waals surface area (Å²) in [7, 11) is 0. The van der Waals surface area contributed by atoms with Crippen LogP contribution in [0.5, 0.6) is 0 Å². The third-order valence-corrected chi connectivity index (χ3v) is 2.75. The van der Waals surface area contributed by atoms with Gasteiger partial charge in [0.05, 0.1) is 0 Å². The topological polar surface area (TPSA) is 28.2 Å². The molecule has 0 bridgehead atoms. The number of nitrogens with zero attached hydrogens (tertiary/aromatic N) is 2. The van der Waals surface area contributed by atoms with Crippen LogP contribution >= 0.6 is 0 Å². The first-order valence-corrected chi connectivity index (χ1v) is 5.77. The Morgan fingerprint density at radius 1 is 1.33 bits per heavy atom. The van der Waals surface area contributed by atoms with Crippen molar-refractivity contribution in [2.45, 2.75) is 26.7 Å². The maximum atomic E-state index is 4.58. The Labute approximate surface area is 91.5 Å². The molecule has 0 radical (unpaired) electrons. The predicted molar refractivity (Wildman–Crippen MR) is 64.6 cm³/mol. The van der Waals surface area contributed by atoms with Crippen molar-refractivity contribution in [1.82, 2.24) is 4.98 Å². The molecule has 0 spiro atoms. The molecule has 1 aliphatic rings. The molecular formula is C12H19N3. The first-order valence-electron chi connectivity index (χ1n) is 5.77. The van der Waals surface area contributed by atoms with Gasteiger partial charge in [0.2, 0.25) is 0 Å². The number of rotatable bonds is 3. The van der Waals surface area contributed by atoms with Crippen LogP contribution in [-0.4, -0.2) is 24.6 Å². The first-order chi connectivity index (χ1) is 7.29. The molecule has 0 atom stereocenters. The van der Waals surface area contributed by atoms with Crippen molar-refractivity contribution in [3.05, 3.63) is 17.8 Å². The maximum Gasteiger partial charge on any atom is 0.130 e. The molecule has 1 saturated heterocycles. The highest BCUT2D eigenvalue weighted by molar-refractivity contribution is 5.55. The average molecular weight is 205 g/mol. The van der Waals surface area contributed by atoms with Gasteiger partial charge >= 0.3 is 0 Å². The van der Waals surface area contributed by atoms with Gasteiger partial charge in [0.25, 0.3) is 0 Å². The van der Waals surface area contributed by atoms with Gasteiger partial charge in [0.15, 0.2) is 0 Å². The first kappa shape index (κ1) is 10.3. The third kappa shape index (κ3) is 2.41. The Hall–Kier alpha value is -1.25. The summed E-state index contributed by atoms with van der Waals surface area (Å²) in [6.45, 7) is 7.44. The second-order valence-electron chi connectivity index (χ2n) is 4.08. The zero-order valence-corrected chi connectivity index (χ0v) is 9.58. The zero-order chi connectivity index (χ0) is 10.7. The van der Waals surface area contributed by atoms with Crippen LogP contribution in [0.4, 0.5) is 11.5 Å². The molecule has 1 N–H and O–H groups in total. The second-order valence-corrected chi connectivity index (χ2v) is 4.08. The summed E-state index contributed by atoms with van der Waals surface area (Å²) >= 11 is 0. The van der Waals surface area contributed by atoms with E-state index < -0.39 is 0 Å². The summed E-state index contributed by atoms with van der Waals surface area (Å²) in [5, 5.41) is 3.35. The van der Waals surface area contributed by atoms with Crippen LogP contribution in [0.1, 0.15) is 25.5 Å². The molecule has 3 heteroatoms. The maximum absolute atomic E-state index is 4.58. The molecule has 0 saturated carbocycles. The van der Waals surface area contributed by atoms with E-state index in [1.54, 1.807) is 0 Å². The van der Waals surface area contributed by atoms with Gasteiger partial charge in [-0.05, 0) is 32.8 Å². The molecule has 15 heavy (non-hydrogen) atoms. The van der Waals surface area contributed by atoms with Crippen molar-refractivity contribution in [3.8, 4) is 0 Å². The van der Waals surface area contributed by atoms with Crippen LogP contribution in [0.25, 0.3) is 0 Å². The molecule has 1 fully saturated rings. The van der Waals surface area contributed by atoms with Gasteiger partial charge in [-0.15, -0.1) is 0 Å². The number of anilines is 2. The molecular weight excluding hydrogens is 186 g/mol. The summed E-state index contributed by atoms with van der Waals surface area (Å²) in [6, 6.07) is 4.25. The van der Waals surface area contributed by atoms with E-state index in [0.717, 1.165) is 31.1 Å². The minimum absolute atomic E-state index is 0.961. The van der Waals surface area contributed by atoms with Crippen molar-refractivity contribution in [3.63, 3.8) is 0 Å². The van der Waals surface area contributed by atoms with Gasteiger partial charge in [-0.25, -0.2) is 4.98 Å². The second kappa shape index (κ2) is 4.51. The van der Waals surface area contributed by atoms with Gasteiger partial charge in [-0.2, -0.15) is 0 Å². The Morgan fingerprint density at radius 3 is 2.73 bits per heavy atom. The van der Waals surface area contributed by atoms with E-state index in [-0.39, 0.29) is 0 Å². The van der Waals surface area contributed by atoms with E-state index in [4.69, 9.17) is 0 Å². The Kier molecular flexibility index (Phi) is 3.09. The lowest BCUT2D eigenvalue weighted by molar-refractivity contribution is 0.929. The molecule has 2 rings (SSSR count). The number of hydrogen-bond donors (Lipinski definition) is 1. The Bertz CT molecular complexity index is 330. The van der Waals surface area contributed by atoms with Crippen LogP contribution in [0, 0.1) is 6.92 Å². The molecule has 1 aromatic rings. The monoisotopic (exact) mass is 205 g/mol. The van der Waals surface area contributed by atoms with Gasteiger partial charge in [0.1, 0.15) is 5.82 Å². The van der Waals surface area contributed by atoms with E-state index in [0.29, 0.717) is 0 Å². The highest BCUT2D eigenvalue weighted by Gasteiger charge is 2.14. The third-order valence-electron chi connectivity index (χ3n) is 2.75. The standard InChI is InChI=1S/C12H19N3/c1-3-13-11-8-10(2)14-12(9-11)15-6-4-5-7-15/h8-9H,3-7H2,1-2H3,(H,13,14). The van der Waals surface area contributed by atoms with Crippen molar-refractivity contribution in [2.75, 3.05) is 29.9 Å².